The largest absolute Gasteiger partial charge is 0.326 e. The van der Waals surface area contributed by atoms with Gasteiger partial charge in [-0.3, -0.25) is 4.79 Å². The zero-order valence-corrected chi connectivity index (χ0v) is 10.00. The van der Waals surface area contributed by atoms with Crippen molar-refractivity contribution in [3.8, 4) is 0 Å². The molecular formula is C12H15ClN2O. The van der Waals surface area contributed by atoms with E-state index in [1.54, 1.807) is 4.90 Å². The number of aryl methyl sites for hydroxylation is 1. The molecule has 0 aliphatic carbocycles. The van der Waals surface area contributed by atoms with Crippen LogP contribution in [0.4, 0.5) is 5.69 Å². The van der Waals surface area contributed by atoms with Crippen LogP contribution in [0.15, 0.2) is 18.2 Å². The van der Waals surface area contributed by atoms with E-state index in [-0.39, 0.29) is 11.3 Å². The maximum absolute atomic E-state index is 11.7. The number of amides is 1. The van der Waals surface area contributed by atoms with E-state index in [4.69, 9.17) is 17.3 Å². The molecule has 0 aromatic heterocycles. The lowest BCUT2D eigenvalue weighted by molar-refractivity contribution is -0.117. The molecule has 1 aromatic rings. The molecule has 3 nitrogen and oxygen atoms in total. The molecule has 0 radical (unpaired) electrons. The van der Waals surface area contributed by atoms with Crippen LogP contribution in [0.3, 0.4) is 0 Å². The summed E-state index contributed by atoms with van der Waals surface area (Å²) in [4.78, 5) is 13.5. The number of carbonyl (C=O) groups is 1. The fourth-order valence-electron chi connectivity index (χ4n) is 2.04. The fraction of sp³-hybridized carbons (Fsp3) is 0.417. The van der Waals surface area contributed by atoms with Gasteiger partial charge in [0.25, 0.3) is 0 Å². The lowest BCUT2D eigenvalue weighted by Crippen LogP contribution is -2.25. The van der Waals surface area contributed by atoms with E-state index in [0.717, 1.165) is 16.8 Å². The summed E-state index contributed by atoms with van der Waals surface area (Å²) < 4.78 is 0. The van der Waals surface area contributed by atoms with Crippen LogP contribution in [0, 0.1) is 6.92 Å². The van der Waals surface area contributed by atoms with Crippen LogP contribution in [-0.2, 0) is 11.3 Å². The summed E-state index contributed by atoms with van der Waals surface area (Å²) in [5, 5.41) is -0.0684. The van der Waals surface area contributed by atoms with Crippen LogP contribution in [0.5, 0.6) is 0 Å². The Labute approximate surface area is 100 Å². The van der Waals surface area contributed by atoms with Gasteiger partial charge in [-0.2, -0.15) is 0 Å². The van der Waals surface area contributed by atoms with Crippen molar-refractivity contribution in [2.45, 2.75) is 25.3 Å². The molecule has 86 valence electrons. The number of nitrogens with two attached hydrogens (primary N) is 1. The van der Waals surface area contributed by atoms with Gasteiger partial charge in [0, 0.05) is 25.2 Å². The number of halogens is 1. The normalized spacial score (nSPS) is 20.6. The highest BCUT2D eigenvalue weighted by Gasteiger charge is 2.29. The van der Waals surface area contributed by atoms with Gasteiger partial charge in [-0.1, -0.05) is 12.1 Å². The van der Waals surface area contributed by atoms with Gasteiger partial charge in [-0.15, -0.1) is 11.6 Å². The van der Waals surface area contributed by atoms with Crippen LogP contribution >= 0.6 is 11.6 Å². The fourth-order valence-corrected chi connectivity index (χ4v) is 2.31. The Morgan fingerprint density at radius 3 is 2.81 bits per heavy atom. The Morgan fingerprint density at radius 1 is 1.56 bits per heavy atom. The molecule has 0 spiro atoms. The standard InChI is InChI=1S/C12H15ClN2O/c1-8-4-9(6-14)2-3-11(8)15-7-10(13)5-12(15)16/h2-4,10H,5-7,14H2,1H3. The first kappa shape index (κ1) is 11.4. The molecule has 16 heavy (non-hydrogen) atoms. The molecule has 1 saturated heterocycles. The lowest BCUT2D eigenvalue weighted by Gasteiger charge is -2.19. The summed E-state index contributed by atoms with van der Waals surface area (Å²) in [7, 11) is 0. The lowest BCUT2D eigenvalue weighted by atomic mass is 10.1. The van der Waals surface area contributed by atoms with Crippen LogP contribution in [-0.4, -0.2) is 17.8 Å². The Balaban J connectivity index is 2.30. The molecule has 1 atom stereocenters. The summed E-state index contributed by atoms with van der Waals surface area (Å²) in [6.45, 7) is 3.11. The molecular weight excluding hydrogens is 224 g/mol. The van der Waals surface area contributed by atoms with Gasteiger partial charge in [0.05, 0.1) is 5.38 Å². The molecule has 1 aliphatic rings. The van der Waals surface area contributed by atoms with Crippen molar-refractivity contribution < 1.29 is 4.79 Å². The molecule has 1 amide bonds. The summed E-state index contributed by atoms with van der Waals surface area (Å²) in [6.07, 6.45) is 0.430. The third-order valence-corrected chi connectivity index (χ3v) is 3.16. The van der Waals surface area contributed by atoms with E-state index >= 15 is 0 Å². The van der Waals surface area contributed by atoms with Crippen molar-refractivity contribution in [1.29, 1.82) is 0 Å². The van der Waals surface area contributed by atoms with Gasteiger partial charge in [0.15, 0.2) is 0 Å². The second-order valence-electron chi connectivity index (χ2n) is 4.13. The van der Waals surface area contributed by atoms with E-state index < -0.39 is 0 Å². The van der Waals surface area contributed by atoms with Gasteiger partial charge in [0.1, 0.15) is 0 Å². The Morgan fingerprint density at radius 2 is 2.31 bits per heavy atom. The average molecular weight is 239 g/mol. The number of anilines is 1. The summed E-state index contributed by atoms with van der Waals surface area (Å²) in [5.74, 6) is 0.101. The van der Waals surface area contributed by atoms with E-state index in [1.807, 2.05) is 25.1 Å². The highest BCUT2D eigenvalue weighted by atomic mass is 35.5. The van der Waals surface area contributed by atoms with Crippen molar-refractivity contribution in [2.24, 2.45) is 5.73 Å². The van der Waals surface area contributed by atoms with Crippen molar-refractivity contribution in [2.75, 3.05) is 11.4 Å². The number of hydrogen-bond acceptors (Lipinski definition) is 2. The first-order valence-electron chi connectivity index (χ1n) is 5.36. The van der Waals surface area contributed by atoms with E-state index in [2.05, 4.69) is 0 Å². The SMILES string of the molecule is Cc1cc(CN)ccc1N1CC(Cl)CC1=O. The van der Waals surface area contributed by atoms with Crippen LogP contribution in [0.25, 0.3) is 0 Å². The molecule has 4 heteroatoms. The molecule has 2 rings (SSSR count). The van der Waals surface area contributed by atoms with Crippen LogP contribution in [0.2, 0.25) is 0 Å². The Hall–Kier alpha value is -1.06. The number of nitrogens with zero attached hydrogens (tertiary/aromatic N) is 1. The molecule has 2 N–H and O–H groups in total. The van der Waals surface area contributed by atoms with Gasteiger partial charge in [-0.25, -0.2) is 0 Å². The molecule has 1 unspecified atom stereocenters. The molecule has 0 bridgehead atoms. The van der Waals surface area contributed by atoms with Crippen LogP contribution in [0.1, 0.15) is 17.5 Å². The second-order valence-corrected chi connectivity index (χ2v) is 4.75. The van der Waals surface area contributed by atoms with Crippen molar-refractivity contribution >= 4 is 23.2 Å². The minimum atomic E-state index is -0.0684. The van der Waals surface area contributed by atoms with E-state index in [0.29, 0.717) is 19.5 Å². The summed E-state index contributed by atoms with van der Waals surface area (Å²) in [5.41, 5.74) is 8.67. The molecule has 1 aromatic carbocycles. The van der Waals surface area contributed by atoms with E-state index in [1.165, 1.54) is 0 Å². The van der Waals surface area contributed by atoms with Crippen molar-refractivity contribution in [3.63, 3.8) is 0 Å². The maximum atomic E-state index is 11.7. The number of rotatable bonds is 2. The quantitative estimate of drug-likeness (QED) is 0.799. The zero-order valence-electron chi connectivity index (χ0n) is 9.24. The minimum absolute atomic E-state index is 0.0684. The van der Waals surface area contributed by atoms with Gasteiger partial charge in [-0.05, 0) is 24.1 Å². The summed E-state index contributed by atoms with van der Waals surface area (Å²) in [6, 6.07) is 5.92. The minimum Gasteiger partial charge on any atom is -0.326 e. The molecule has 1 fully saturated rings. The van der Waals surface area contributed by atoms with E-state index in [9.17, 15) is 4.79 Å². The van der Waals surface area contributed by atoms with Crippen molar-refractivity contribution in [3.05, 3.63) is 29.3 Å². The predicted octanol–water partition coefficient (Wildman–Crippen LogP) is 1.80. The summed E-state index contributed by atoms with van der Waals surface area (Å²) >= 11 is 5.98. The zero-order chi connectivity index (χ0) is 11.7. The molecule has 1 aliphatic heterocycles. The number of carbonyl (C=O) groups excluding carboxylic acids is 1. The Bertz CT molecular complexity index is 419. The van der Waals surface area contributed by atoms with Crippen LogP contribution < -0.4 is 10.6 Å². The van der Waals surface area contributed by atoms with Crippen molar-refractivity contribution in [1.82, 2.24) is 0 Å². The van der Waals surface area contributed by atoms with Gasteiger partial charge in [0.2, 0.25) is 5.91 Å². The highest BCUT2D eigenvalue weighted by molar-refractivity contribution is 6.24. The average Bonchev–Trinajstić information content (AvgIpc) is 2.57. The van der Waals surface area contributed by atoms with Gasteiger partial charge < -0.3 is 10.6 Å². The monoisotopic (exact) mass is 238 g/mol. The predicted molar refractivity (Wildman–Crippen MR) is 65.7 cm³/mol. The first-order valence-corrected chi connectivity index (χ1v) is 5.79. The highest BCUT2D eigenvalue weighted by Crippen LogP contribution is 2.27. The second kappa shape index (κ2) is 4.44. The third-order valence-electron chi connectivity index (χ3n) is 2.87. The smallest absolute Gasteiger partial charge is 0.228 e. The number of benzene rings is 1. The first-order chi connectivity index (χ1) is 7.61. The molecule has 0 saturated carbocycles. The number of alkyl halides is 1. The molecule has 1 heterocycles. The van der Waals surface area contributed by atoms with Gasteiger partial charge >= 0.3 is 0 Å². The maximum Gasteiger partial charge on any atom is 0.228 e. The Kier molecular flexibility index (Phi) is 3.17. The third kappa shape index (κ3) is 2.06. The topological polar surface area (TPSA) is 46.3 Å². The number of hydrogen-bond donors (Lipinski definition) is 1.